The molecule has 7 heteroatoms. The predicted molar refractivity (Wildman–Crippen MR) is 117 cm³/mol. The second kappa shape index (κ2) is 8.80. The Morgan fingerprint density at radius 1 is 1.07 bits per heavy atom. The van der Waals surface area contributed by atoms with Gasteiger partial charge < -0.3 is 4.74 Å². The van der Waals surface area contributed by atoms with Crippen LogP contribution in [0.25, 0.3) is 16.7 Å². The van der Waals surface area contributed by atoms with Gasteiger partial charge in [-0.05, 0) is 30.5 Å². The number of benzene rings is 2. The van der Waals surface area contributed by atoms with E-state index in [4.69, 9.17) is 4.74 Å². The van der Waals surface area contributed by atoms with Crippen LogP contribution in [0.4, 0.5) is 0 Å². The van der Waals surface area contributed by atoms with Crippen molar-refractivity contribution in [2.75, 3.05) is 13.7 Å². The number of methoxy groups -OCH3 is 1. The van der Waals surface area contributed by atoms with Gasteiger partial charge in [-0.1, -0.05) is 61.2 Å². The molecule has 2 aromatic carbocycles. The lowest BCUT2D eigenvalue weighted by molar-refractivity contribution is 0.190. The molecular weight excluding hydrogens is 384 g/mol. The van der Waals surface area contributed by atoms with E-state index in [0.29, 0.717) is 24.3 Å². The Kier molecular flexibility index (Phi) is 5.97. The number of hydrogen-bond donors (Lipinski definition) is 0. The fourth-order valence-electron chi connectivity index (χ4n) is 3.56. The van der Waals surface area contributed by atoms with Crippen LogP contribution in [0.5, 0.6) is 0 Å². The van der Waals surface area contributed by atoms with Gasteiger partial charge in [-0.2, -0.15) is 0 Å². The number of ether oxygens (including phenoxy) is 1. The molecule has 1 unspecified atom stereocenters. The molecule has 2 aromatic heterocycles. The lowest BCUT2D eigenvalue weighted by Crippen LogP contribution is -2.24. The molecule has 0 radical (unpaired) electrons. The molecule has 0 aliphatic rings. The van der Waals surface area contributed by atoms with Crippen LogP contribution in [-0.2, 0) is 11.3 Å². The molecule has 0 spiro atoms. The summed E-state index contributed by atoms with van der Waals surface area (Å²) in [5.74, 6) is 0.579. The summed E-state index contributed by atoms with van der Waals surface area (Å²) in [7, 11) is 1.67. The van der Waals surface area contributed by atoms with Crippen LogP contribution >= 0.6 is 11.8 Å². The van der Waals surface area contributed by atoms with Gasteiger partial charge in [0.1, 0.15) is 0 Å². The van der Waals surface area contributed by atoms with Gasteiger partial charge in [0.25, 0.3) is 5.56 Å². The van der Waals surface area contributed by atoms with Crippen LogP contribution in [-0.4, -0.2) is 32.9 Å². The van der Waals surface area contributed by atoms with E-state index >= 15 is 0 Å². The molecule has 2 heterocycles. The molecule has 150 valence electrons. The second-order valence-electron chi connectivity index (χ2n) is 6.86. The second-order valence-corrected chi connectivity index (χ2v) is 8.03. The third-order valence-electron chi connectivity index (χ3n) is 5.00. The molecule has 0 saturated carbocycles. The minimum atomic E-state index is -0.0387. The summed E-state index contributed by atoms with van der Waals surface area (Å²) in [6.07, 6.45) is 1.70. The number of thioether (sulfide) groups is 1. The first-order valence-electron chi connectivity index (χ1n) is 9.81. The highest BCUT2D eigenvalue weighted by atomic mass is 32.2. The zero-order valence-corrected chi connectivity index (χ0v) is 17.4. The monoisotopic (exact) mass is 408 g/mol. The van der Waals surface area contributed by atoms with Crippen molar-refractivity contribution in [3.63, 3.8) is 0 Å². The molecule has 0 bridgehead atoms. The minimum Gasteiger partial charge on any atom is -0.385 e. The Bertz CT molecular complexity index is 1170. The Morgan fingerprint density at radius 3 is 2.59 bits per heavy atom. The molecule has 6 nitrogen and oxygen atoms in total. The van der Waals surface area contributed by atoms with E-state index in [1.807, 2.05) is 34.7 Å². The molecule has 0 saturated heterocycles. The normalized spacial score (nSPS) is 12.6. The maximum atomic E-state index is 13.1. The first kappa shape index (κ1) is 19.7. The van der Waals surface area contributed by atoms with Crippen molar-refractivity contribution in [3.8, 4) is 0 Å². The fourth-order valence-corrected chi connectivity index (χ4v) is 4.65. The Hall–Kier alpha value is -2.64. The lowest BCUT2D eigenvalue weighted by Gasteiger charge is -2.15. The highest BCUT2D eigenvalue weighted by Gasteiger charge is 2.20. The van der Waals surface area contributed by atoms with Crippen molar-refractivity contribution in [1.82, 2.24) is 19.2 Å². The van der Waals surface area contributed by atoms with Gasteiger partial charge >= 0.3 is 0 Å². The average molecular weight is 409 g/mol. The third-order valence-corrected chi connectivity index (χ3v) is 6.36. The number of para-hydroxylation sites is 1. The van der Waals surface area contributed by atoms with Crippen LogP contribution in [0.3, 0.4) is 0 Å². The van der Waals surface area contributed by atoms with Crippen molar-refractivity contribution < 1.29 is 4.74 Å². The first-order valence-corrected chi connectivity index (χ1v) is 10.7. The predicted octanol–water partition coefficient (Wildman–Crippen LogP) is 4.32. The summed E-state index contributed by atoms with van der Waals surface area (Å²) >= 11 is 1.68. The summed E-state index contributed by atoms with van der Waals surface area (Å²) in [5.41, 5.74) is 2.06. The Morgan fingerprint density at radius 2 is 1.83 bits per heavy atom. The summed E-state index contributed by atoms with van der Waals surface area (Å²) in [4.78, 5) is 13.1. The van der Waals surface area contributed by atoms with E-state index < -0.39 is 0 Å². The van der Waals surface area contributed by atoms with E-state index in [2.05, 4.69) is 41.4 Å². The van der Waals surface area contributed by atoms with E-state index in [0.717, 1.165) is 23.5 Å². The topological polar surface area (TPSA) is 61.4 Å². The number of rotatable bonds is 8. The van der Waals surface area contributed by atoms with Gasteiger partial charge in [-0.25, -0.2) is 0 Å². The molecule has 4 rings (SSSR count). The Balaban J connectivity index is 1.85. The van der Waals surface area contributed by atoms with Gasteiger partial charge in [0.05, 0.1) is 10.9 Å². The van der Waals surface area contributed by atoms with Crippen molar-refractivity contribution in [1.29, 1.82) is 0 Å². The van der Waals surface area contributed by atoms with Gasteiger partial charge in [-0.3, -0.25) is 13.8 Å². The van der Waals surface area contributed by atoms with Crippen LogP contribution < -0.4 is 5.56 Å². The van der Waals surface area contributed by atoms with Gasteiger partial charge in [0, 0.05) is 25.5 Å². The van der Waals surface area contributed by atoms with E-state index in [9.17, 15) is 4.79 Å². The smallest absolute Gasteiger partial charge is 0.262 e. The van der Waals surface area contributed by atoms with Gasteiger partial charge in [-0.15, -0.1) is 10.2 Å². The molecule has 29 heavy (non-hydrogen) atoms. The third kappa shape index (κ3) is 3.80. The summed E-state index contributed by atoms with van der Waals surface area (Å²) < 4.78 is 8.89. The van der Waals surface area contributed by atoms with Gasteiger partial charge in [0.15, 0.2) is 5.16 Å². The van der Waals surface area contributed by atoms with Crippen molar-refractivity contribution >= 4 is 28.4 Å². The quantitative estimate of drug-likeness (QED) is 0.321. The fraction of sp³-hybridized carbons (Fsp3) is 0.318. The summed E-state index contributed by atoms with van der Waals surface area (Å²) in [6, 6.07) is 18.1. The molecule has 0 N–H and O–H groups in total. The summed E-state index contributed by atoms with van der Waals surface area (Å²) in [5, 5.41) is 10.6. The number of aromatic nitrogens is 4. The van der Waals surface area contributed by atoms with Crippen LogP contribution in [0.15, 0.2) is 64.5 Å². The number of hydrogen-bond acceptors (Lipinski definition) is 5. The van der Waals surface area contributed by atoms with Crippen molar-refractivity contribution in [3.05, 3.63) is 70.5 Å². The Labute approximate surface area is 173 Å². The average Bonchev–Trinajstić information content (AvgIpc) is 3.18. The van der Waals surface area contributed by atoms with Crippen molar-refractivity contribution in [2.24, 2.45) is 0 Å². The summed E-state index contributed by atoms with van der Waals surface area (Å²) in [6.45, 7) is 3.31. The maximum Gasteiger partial charge on any atom is 0.262 e. The van der Waals surface area contributed by atoms with E-state index in [1.54, 1.807) is 23.4 Å². The molecule has 4 aromatic rings. The standard InChI is InChI=1S/C22H24N4O2S/c1-3-19(16-10-5-4-6-11-16)29-22-24-23-21-25(14-9-15-28-2)20(27)17-12-7-8-13-18(17)26(21)22/h4-8,10-13,19H,3,9,14-15H2,1-2H3. The first-order chi connectivity index (χ1) is 14.2. The minimum absolute atomic E-state index is 0.0387. The zero-order chi connectivity index (χ0) is 20.2. The molecule has 1 atom stereocenters. The molecular formula is C22H24N4O2S. The molecule has 0 fully saturated rings. The van der Waals surface area contributed by atoms with Gasteiger partial charge in [0.2, 0.25) is 5.78 Å². The van der Waals surface area contributed by atoms with Crippen LogP contribution in [0, 0.1) is 0 Å². The van der Waals surface area contributed by atoms with E-state index in [-0.39, 0.29) is 10.8 Å². The SMILES string of the molecule is CCC(Sc1nnc2n(CCCOC)c(=O)c3ccccc3n12)c1ccccc1. The molecule has 0 aliphatic carbocycles. The number of aryl methyl sites for hydroxylation is 1. The maximum absolute atomic E-state index is 13.1. The molecule has 0 aliphatic heterocycles. The largest absolute Gasteiger partial charge is 0.385 e. The number of nitrogens with zero attached hydrogens (tertiary/aromatic N) is 4. The highest BCUT2D eigenvalue weighted by Crippen LogP contribution is 2.37. The van der Waals surface area contributed by atoms with E-state index in [1.165, 1.54) is 5.56 Å². The lowest BCUT2D eigenvalue weighted by atomic mass is 10.1. The van der Waals surface area contributed by atoms with Crippen LogP contribution in [0.1, 0.15) is 30.6 Å². The molecule has 0 amide bonds. The zero-order valence-electron chi connectivity index (χ0n) is 16.6. The van der Waals surface area contributed by atoms with Crippen molar-refractivity contribution in [2.45, 2.75) is 36.7 Å². The highest BCUT2D eigenvalue weighted by molar-refractivity contribution is 7.99. The number of fused-ring (bicyclic) bond motifs is 3. The van der Waals surface area contributed by atoms with Crippen LogP contribution in [0.2, 0.25) is 0 Å².